The van der Waals surface area contributed by atoms with E-state index < -0.39 is 0 Å². The van der Waals surface area contributed by atoms with Crippen LogP contribution in [0.4, 0.5) is 0 Å². The summed E-state index contributed by atoms with van der Waals surface area (Å²) in [5.74, 6) is 0.0599. The van der Waals surface area contributed by atoms with Crippen molar-refractivity contribution < 1.29 is 26.3 Å². The van der Waals surface area contributed by atoms with Crippen molar-refractivity contribution in [1.29, 1.82) is 5.26 Å². The van der Waals surface area contributed by atoms with Gasteiger partial charge in [-0.2, -0.15) is 9.83 Å². The number of rotatable bonds is 3. The largest absolute Gasteiger partial charge is 1.00 e. The number of Topliss-reactive ketones (excluding diaryl/α,β-unsaturated/α-hetero) is 1. The van der Waals surface area contributed by atoms with Crippen molar-refractivity contribution in [3.05, 3.63) is 65.5 Å². The molecule has 1 aromatic carbocycles. The Balaban J connectivity index is 0.00000180. The average molecular weight is 317 g/mol. The number of aryl methyl sites for hydroxylation is 1. The van der Waals surface area contributed by atoms with E-state index >= 15 is 0 Å². The summed E-state index contributed by atoms with van der Waals surface area (Å²) in [6.45, 7) is 2.28. The minimum Gasteiger partial charge on any atom is -1.00 e. The number of carbonyl (C=O) groups excluding carboxylic acids is 1. The molecule has 0 aliphatic rings. The van der Waals surface area contributed by atoms with Gasteiger partial charge in [-0.05, 0) is 6.92 Å². The molecule has 0 spiro atoms. The maximum Gasteiger partial charge on any atom is 0.227 e. The lowest BCUT2D eigenvalue weighted by Crippen LogP contribution is -3.00. The highest BCUT2D eigenvalue weighted by Crippen LogP contribution is 2.04. The molecule has 1 aromatic heterocycles. The fraction of sp³-hybridized carbons (Fsp3) is 0.133. The minimum absolute atomic E-state index is 0. The van der Waals surface area contributed by atoms with Gasteiger partial charge in [0.15, 0.2) is 12.4 Å². The monoisotopic (exact) mass is 316 g/mol. The highest BCUT2D eigenvalue weighted by Gasteiger charge is 2.11. The van der Waals surface area contributed by atoms with E-state index in [9.17, 15) is 4.79 Å². The van der Waals surface area contributed by atoms with Crippen LogP contribution in [0.3, 0.4) is 0 Å². The molecular formula is C15H13BrN2O. The van der Waals surface area contributed by atoms with E-state index in [0.717, 1.165) is 5.56 Å². The Morgan fingerprint density at radius 3 is 2.26 bits per heavy atom. The number of carbonyl (C=O) groups is 1. The Kier molecular flexibility index (Phi) is 5.40. The molecule has 0 aliphatic carbocycles. The molecule has 2 rings (SSSR count). The van der Waals surface area contributed by atoms with E-state index in [1.807, 2.05) is 37.3 Å². The number of hydrogen-bond acceptors (Lipinski definition) is 2. The third-order valence-corrected chi connectivity index (χ3v) is 2.72. The van der Waals surface area contributed by atoms with Crippen LogP contribution in [-0.2, 0) is 6.54 Å². The van der Waals surface area contributed by atoms with Gasteiger partial charge in [-0.15, -0.1) is 0 Å². The van der Waals surface area contributed by atoms with Crippen molar-refractivity contribution in [2.45, 2.75) is 13.5 Å². The van der Waals surface area contributed by atoms with Gasteiger partial charge in [0.2, 0.25) is 12.3 Å². The maximum absolute atomic E-state index is 12.0. The van der Waals surface area contributed by atoms with E-state index in [1.165, 1.54) is 0 Å². The number of halogens is 1. The summed E-state index contributed by atoms with van der Waals surface area (Å²) in [6.07, 6.45) is 3.48. The fourth-order valence-electron chi connectivity index (χ4n) is 1.63. The second-order valence-corrected chi connectivity index (χ2v) is 4.16. The van der Waals surface area contributed by atoms with Gasteiger partial charge in [-0.1, -0.05) is 29.8 Å². The average Bonchev–Trinajstić information content (AvgIpc) is 2.40. The molecular weight excluding hydrogens is 304 g/mol. The Morgan fingerprint density at radius 2 is 1.74 bits per heavy atom. The van der Waals surface area contributed by atoms with Crippen molar-refractivity contribution in [2.75, 3.05) is 0 Å². The molecule has 19 heavy (non-hydrogen) atoms. The molecule has 4 heteroatoms. The zero-order valence-corrected chi connectivity index (χ0v) is 12.1. The lowest BCUT2D eigenvalue weighted by molar-refractivity contribution is -0.683. The molecule has 0 unspecified atom stereocenters. The first kappa shape index (κ1) is 15.1. The Bertz CT molecular complexity index is 598. The first-order valence-electron chi connectivity index (χ1n) is 5.68. The second-order valence-electron chi connectivity index (χ2n) is 4.16. The van der Waals surface area contributed by atoms with Crippen molar-refractivity contribution >= 4 is 5.78 Å². The van der Waals surface area contributed by atoms with E-state index in [2.05, 4.69) is 0 Å². The predicted octanol–water partition coefficient (Wildman–Crippen LogP) is -0.959. The van der Waals surface area contributed by atoms with Gasteiger partial charge >= 0.3 is 0 Å². The van der Waals surface area contributed by atoms with Crippen molar-refractivity contribution in [3.8, 4) is 6.07 Å². The SMILES string of the molecule is Cc1ccc(C(=O)C[n+]2ccc(C#N)cc2)cc1.[Br-]. The zero-order chi connectivity index (χ0) is 13.0. The van der Waals surface area contributed by atoms with Gasteiger partial charge in [-0.3, -0.25) is 4.79 Å². The van der Waals surface area contributed by atoms with Crippen LogP contribution in [0.5, 0.6) is 0 Å². The van der Waals surface area contributed by atoms with E-state index in [-0.39, 0.29) is 29.3 Å². The van der Waals surface area contributed by atoms with Gasteiger partial charge < -0.3 is 17.0 Å². The molecule has 96 valence electrons. The summed E-state index contributed by atoms with van der Waals surface area (Å²) in [5, 5.41) is 8.69. The third-order valence-electron chi connectivity index (χ3n) is 2.72. The molecule has 0 fully saturated rings. The first-order valence-corrected chi connectivity index (χ1v) is 5.68. The number of nitrogens with zero attached hydrogens (tertiary/aromatic N) is 2. The van der Waals surface area contributed by atoms with Crippen LogP contribution in [0.15, 0.2) is 48.8 Å². The maximum atomic E-state index is 12.0. The first-order chi connectivity index (χ1) is 8.69. The number of hydrogen-bond donors (Lipinski definition) is 0. The Hall–Kier alpha value is -1.99. The smallest absolute Gasteiger partial charge is 0.227 e. The summed E-state index contributed by atoms with van der Waals surface area (Å²) in [5.41, 5.74) is 2.43. The quantitative estimate of drug-likeness (QED) is 0.541. The van der Waals surface area contributed by atoms with E-state index in [4.69, 9.17) is 5.26 Å². The van der Waals surface area contributed by atoms with Crippen LogP contribution in [0, 0.1) is 18.3 Å². The van der Waals surface area contributed by atoms with Crippen molar-refractivity contribution in [3.63, 3.8) is 0 Å². The molecule has 0 aliphatic heterocycles. The Morgan fingerprint density at radius 1 is 1.16 bits per heavy atom. The summed E-state index contributed by atoms with van der Waals surface area (Å²) in [6, 6.07) is 13.0. The zero-order valence-electron chi connectivity index (χ0n) is 10.5. The second kappa shape index (κ2) is 6.81. The van der Waals surface area contributed by atoms with Crippen LogP contribution in [0.2, 0.25) is 0 Å². The van der Waals surface area contributed by atoms with Gasteiger partial charge in [0.05, 0.1) is 11.6 Å². The number of aromatic nitrogens is 1. The van der Waals surface area contributed by atoms with Crippen molar-refractivity contribution in [2.24, 2.45) is 0 Å². The third kappa shape index (κ3) is 4.01. The summed E-state index contributed by atoms with van der Waals surface area (Å²) in [4.78, 5) is 12.0. The predicted molar refractivity (Wildman–Crippen MR) is 66.9 cm³/mol. The van der Waals surface area contributed by atoms with Gasteiger partial charge in [0, 0.05) is 17.7 Å². The molecule has 0 atom stereocenters. The van der Waals surface area contributed by atoms with Crippen LogP contribution >= 0.6 is 0 Å². The number of nitriles is 1. The highest BCUT2D eigenvalue weighted by atomic mass is 79.9. The minimum atomic E-state index is 0. The molecule has 2 aromatic rings. The summed E-state index contributed by atoms with van der Waals surface area (Å²) >= 11 is 0. The molecule has 0 saturated heterocycles. The van der Waals surface area contributed by atoms with Gasteiger partial charge in [-0.25, -0.2) is 0 Å². The summed E-state index contributed by atoms with van der Waals surface area (Å²) < 4.78 is 1.77. The van der Waals surface area contributed by atoms with Crippen LogP contribution in [0.1, 0.15) is 21.5 Å². The van der Waals surface area contributed by atoms with E-state index in [0.29, 0.717) is 11.1 Å². The molecule has 0 bridgehead atoms. The lowest BCUT2D eigenvalue weighted by atomic mass is 10.1. The van der Waals surface area contributed by atoms with Crippen LogP contribution in [-0.4, -0.2) is 5.78 Å². The molecule has 0 radical (unpaired) electrons. The van der Waals surface area contributed by atoms with Gasteiger partial charge in [0.1, 0.15) is 0 Å². The number of pyridine rings is 1. The number of benzene rings is 1. The highest BCUT2D eigenvalue weighted by molar-refractivity contribution is 5.95. The van der Waals surface area contributed by atoms with Crippen LogP contribution < -0.4 is 21.5 Å². The van der Waals surface area contributed by atoms with Crippen LogP contribution in [0.25, 0.3) is 0 Å². The summed E-state index contributed by atoms with van der Waals surface area (Å²) in [7, 11) is 0. The molecule has 0 saturated carbocycles. The molecule has 1 heterocycles. The van der Waals surface area contributed by atoms with E-state index in [1.54, 1.807) is 29.1 Å². The topological polar surface area (TPSA) is 44.7 Å². The van der Waals surface area contributed by atoms with Crippen molar-refractivity contribution in [1.82, 2.24) is 0 Å². The fourth-order valence-corrected chi connectivity index (χ4v) is 1.63. The van der Waals surface area contributed by atoms with Gasteiger partial charge in [0.25, 0.3) is 0 Å². The Labute approximate surface area is 122 Å². The number of ketones is 1. The molecule has 0 amide bonds. The molecule has 3 nitrogen and oxygen atoms in total. The lowest BCUT2D eigenvalue weighted by Gasteiger charge is -1.99. The molecule has 0 N–H and O–H groups in total. The standard InChI is InChI=1S/C15H13N2O.BrH/c1-12-2-4-14(5-3-12)15(18)11-17-8-6-13(10-16)7-9-17;/h2-9H,11H2,1H3;1H/q+1;/p-1. The normalized spacial score (nSPS) is 9.26.